The average molecular weight is 496 g/mol. The molecule has 0 bridgehead atoms. The van der Waals surface area contributed by atoms with Gasteiger partial charge in [-0.25, -0.2) is 4.98 Å². The quantitative estimate of drug-likeness (QED) is 0.227. The number of nitrogens with one attached hydrogen (secondary N) is 3. The van der Waals surface area contributed by atoms with Crippen LogP contribution < -0.4 is 10.6 Å². The maximum Gasteiger partial charge on any atom is 0.220 e. The SMILES string of the molecule is CN=C(NCCCC(=O)NC1CC1)N(C)Cc1ncc(-c2ccccc2)[nH]1.I. The summed E-state index contributed by atoms with van der Waals surface area (Å²) >= 11 is 0. The third kappa shape index (κ3) is 6.81. The zero-order chi connectivity index (χ0) is 19.1. The first-order chi connectivity index (χ1) is 13.2. The van der Waals surface area contributed by atoms with Gasteiger partial charge in [-0.1, -0.05) is 30.3 Å². The number of nitrogens with zero attached hydrogens (tertiary/aromatic N) is 3. The van der Waals surface area contributed by atoms with Gasteiger partial charge in [-0.15, -0.1) is 24.0 Å². The number of amides is 1. The van der Waals surface area contributed by atoms with Crippen LogP contribution in [0.5, 0.6) is 0 Å². The summed E-state index contributed by atoms with van der Waals surface area (Å²) in [5.41, 5.74) is 2.12. The zero-order valence-corrected chi connectivity index (χ0v) is 18.8. The molecule has 8 heteroatoms. The third-order valence-electron chi connectivity index (χ3n) is 4.48. The van der Waals surface area contributed by atoms with Gasteiger partial charge in [0, 0.05) is 33.1 Å². The molecular weight excluding hydrogens is 467 g/mol. The van der Waals surface area contributed by atoms with E-state index in [-0.39, 0.29) is 29.9 Å². The largest absolute Gasteiger partial charge is 0.356 e. The summed E-state index contributed by atoms with van der Waals surface area (Å²) in [5.74, 6) is 1.81. The molecule has 3 N–H and O–H groups in total. The lowest BCUT2D eigenvalue weighted by atomic mass is 10.2. The molecule has 1 heterocycles. The maximum absolute atomic E-state index is 11.7. The number of guanidine groups is 1. The topological polar surface area (TPSA) is 85.4 Å². The molecule has 0 radical (unpaired) electrons. The van der Waals surface area contributed by atoms with Crippen LogP contribution in [0, 0.1) is 0 Å². The van der Waals surface area contributed by atoms with Crippen LogP contribution in [0.15, 0.2) is 41.5 Å². The molecule has 1 aliphatic carbocycles. The van der Waals surface area contributed by atoms with Gasteiger partial charge < -0.3 is 20.5 Å². The van der Waals surface area contributed by atoms with E-state index in [9.17, 15) is 4.79 Å². The molecule has 7 nitrogen and oxygen atoms in total. The third-order valence-corrected chi connectivity index (χ3v) is 4.48. The highest BCUT2D eigenvalue weighted by Gasteiger charge is 2.22. The van der Waals surface area contributed by atoms with Gasteiger partial charge in [-0.2, -0.15) is 0 Å². The van der Waals surface area contributed by atoms with Gasteiger partial charge in [0.1, 0.15) is 5.82 Å². The van der Waals surface area contributed by atoms with Crippen LogP contribution in [0.3, 0.4) is 0 Å². The fourth-order valence-corrected chi connectivity index (χ4v) is 2.87. The second-order valence-corrected chi connectivity index (χ2v) is 6.88. The van der Waals surface area contributed by atoms with Crippen LogP contribution in [-0.4, -0.2) is 53.4 Å². The van der Waals surface area contributed by atoms with Gasteiger partial charge in [0.25, 0.3) is 0 Å². The minimum atomic E-state index is 0. The normalized spacial score (nSPS) is 13.6. The van der Waals surface area contributed by atoms with Gasteiger partial charge >= 0.3 is 0 Å². The number of aromatic amines is 1. The van der Waals surface area contributed by atoms with Crippen molar-refractivity contribution in [2.75, 3.05) is 20.6 Å². The number of hydrogen-bond acceptors (Lipinski definition) is 3. The van der Waals surface area contributed by atoms with Crippen molar-refractivity contribution in [1.82, 2.24) is 25.5 Å². The lowest BCUT2D eigenvalue weighted by Crippen LogP contribution is -2.39. The van der Waals surface area contributed by atoms with E-state index in [2.05, 4.69) is 37.7 Å². The van der Waals surface area contributed by atoms with E-state index in [1.54, 1.807) is 7.05 Å². The maximum atomic E-state index is 11.7. The number of carbonyl (C=O) groups is 1. The molecule has 3 rings (SSSR count). The van der Waals surface area contributed by atoms with Crippen LogP contribution in [0.25, 0.3) is 11.3 Å². The number of benzene rings is 1. The summed E-state index contributed by atoms with van der Waals surface area (Å²) < 4.78 is 0. The smallest absolute Gasteiger partial charge is 0.220 e. The highest BCUT2D eigenvalue weighted by Crippen LogP contribution is 2.18. The van der Waals surface area contributed by atoms with E-state index in [0.717, 1.165) is 42.3 Å². The number of H-pyrrole nitrogens is 1. The Labute approximate surface area is 183 Å². The molecule has 1 aromatic heterocycles. The predicted molar refractivity (Wildman–Crippen MR) is 123 cm³/mol. The summed E-state index contributed by atoms with van der Waals surface area (Å²) in [5, 5.41) is 6.31. The summed E-state index contributed by atoms with van der Waals surface area (Å²) in [6.07, 6.45) is 5.43. The van der Waals surface area contributed by atoms with Gasteiger partial charge in [-0.05, 0) is 24.8 Å². The van der Waals surface area contributed by atoms with Crippen molar-refractivity contribution >= 4 is 35.8 Å². The minimum absolute atomic E-state index is 0. The van der Waals surface area contributed by atoms with Gasteiger partial charge in [0.15, 0.2) is 5.96 Å². The van der Waals surface area contributed by atoms with E-state index >= 15 is 0 Å². The van der Waals surface area contributed by atoms with Crippen LogP contribution in [0.1, 0.15) is 31.5 Å². The highest BCUT2D eigenvalue weighted by atomic mass is 127. The first-order valence-corrected chi connectivity index (χ1v) is 9.46. The van der Waals surface area contributed by atoms with Crippen molar-refractivity contribution in [2.45, 2.75) is 38.3 Å². The molecule has 1 aromatic carbocycles. The fraction of sp³-hybridized carbons (Fsp3) is 0.450. The second kappa shape index (κ2) is 11.0. The number of halogens is 1. The Bertz CT molecular complexity index is 772. The van der Waals surface area contributed by atoms with Crippen molar-refractivity contribution in [3.05, 3.63) is 42.4 Å². The van der Waals surface area contributed by atoms with Crippen LogP contribution in [0.2, 0.25) is 0 Å². The van der Waals surface area contributed by atoms with E-state index in [0.29, 0.717) is 25.6 Å². The molecule has 1 saturated carbocycles. The number of carbonyl (C=O) groups excluding carboxylic acids is 1. The monoisotopic (exact) mass is 496 g/mol. The molecule has 0 unspecified atom stereocenters. The molecule has 0 saturated heterocycles. The number of aromatic nitrogens is 2. The highest BCUT2D eigenvalue weighted by molar-refractivity contribution is 14.0. The molecule has 1 aliphatic rings. The summed E-state index contributed by atoms with van der Waals surface area (Å²) in [6.45, 7) is 1.33. The Morgan fingerprint density at radius 1 is 1.32 bits per heavy atom. The van der Waals surface area contributed by atoms with E-state index in [1.807, 2.05) is 36.3 Å². The van der Waals surface area contributed by atoms with Crippen molar-refractivity contribution in [2.24, 2.45) is 4.99 Å². The van der Waals surface area contributed by atoms with E-state index in [4.69, 9.17) is 0 Å². The summed E-state index contributed by atoms with van der Waals surface area (Å²) in [7, 11) is 3.73. The lowest BCUT2D eigenvalue weighted by molar-refractivity contribution is -0.121. The molecule has 0 aliphatic heterocycles. The zero-order valence-electron chi connectivity index (χ0n) is 16.4. The predicted octanol–water partition coefficient (Wildman–Crippen LogP) is 2.76. The van der Waals surface area contributed by atoms with E-state index < -0.39 is 0 Å². The Hall–Kier alpha value is -2.10. The van der Waals surface area contributed by atoms with Crippen LogP contribution in [-0.2, 0) is 11.3 Å². The molecule has 1 fully saturated rings. The standard InChI is InChI=1S/C20H28N6O.HI/c1-21-20(22-12-6-9-19(27)24-16-10-11-16)26(2)14-18-23-13-17(25-18)15-7-4-3-5-8-15;/h3-5,7-8,13,16H,6,9-12,14H2,1-2H3,(H,21,22)(H,23,25)(H,24,27);1H. The van der Waals surface area contributed by atoms with E-state index in [1.165, 1.54) is 0 Å². The Balaban J connectivity index is 0.00000280. The van der Waals surface area contributed by atoms with Crippen molar-refractivity contribution in [1.29, 1.82) is 0 Å². The summed E-state index contributed by atoms with van der Waals surface area (Å²) in [6, 6.07) is 10.6. The van der Waals surface area contributed by atoms with Crippen LogP contribution >= 0.6 is 24.0 Å². The van der Waals surface area contributed by atoms with Gasteiger partial charge in [0.05, 0.1) is 18.4 Å². The van der Waals surface area contributed by atoms with Crippen molar-refractivity contribution in [3.63, 3.8) is 0 Å². The Kier molecular flexibility index (Phi) is 8.75. The Morgan fingerprint density at radius 3 is 2.75 bits per heavy atom. The molecule has 0 atom stereocenters. The number of rotatable bonds is 8. The fourth-order valence-electron chi connectivity index (χ4n) is 2.87. The molecule has 152 valence electrons. The van der Waals surface area contributed by atoms with Gasteiger partial charge in [-0.3, -0.25) is 9.79 Å². The first-order valence-electron chi connectivity index (χ1n) is 9.46. The van der Waals surface area contributed by atoms with Crippen molar-refractivity contribution < 1.29 is 4.79 Å². The average Bonchev–Trinajstić information content (AvgIpc) is 3.37. The molecular formula is C20H29IN6O. The number of aliphatic imine (C=N–C) groups is 1. The molecule has 2 aromatic rings. The first kappa shape index (κ1) is 22.2. The van der Waals surface area contributed by atoms with Crippen LogP contribution in [0.4, 0.5) is 0 Å². The summed E-state index contributed by atoms with van der Waals surface area (Å²) in [4.78, 5) is 25.9. The second-order valence-electron chi connectivity index (χ2n) is 6.88. The number of imidazole rings is 1. The minimum Gasteiger partial charge on any atom is -0.356 e. The lowest BCUT2D eigenvalue weighted by Gasteiger charge is -2.21. The van der Waals surface area contributed by atoms with Crippen molar-refractivity contribution in [3.8, 4) is 11.3 Å². The number of hydrogen-bond donors (Lipinski definition) is 3. The molecule has 0 spiro atoms. The van der Waals surface area contributed by atoms with Gasteiger partial charge in [0.2, 0.25) is 5.91 Å². The molecule has 28 heavy (non-hydrogen) atoms. The molecule has 1 amide bonds. The Morgan fingerprint density at radius 2 is 2.07 bits per heavy atom.